The first-order chi connectivity index (χ1) is 17.2. The highest BCUT2D eigenvalue weighted by Crippen LogP contribution is 2.32. The van der Waals surface area contributed by atoms with Crippen molar-refractivity contribution in [1.82, 2.24) is 19.6 Å². The number of nitrogens with zero attached hydrogens (tertiary/aromatic N) is 3. The van der Waals surface area contributed by atoms with Crippen LogP contribution in [0.15, 0.2) is 42.7 Å². The van der Waals surface area contributed by atoms with Crippen molar-refractivity contribution in [2.45, 2.75) is 51.1 Å². The number of hydrogen-bond donors (Lipinski definition) is 1. The molecule has 2 unspecified atom stereocenters. The summed E-state index contributed by atoms with van der Waals surface area (Å²) in [6.07, 6.45) is -9.40. The number of imidazole rings is 1. The van der Waals surface area contributed by atoms with E-state index in [-0.39, 0.29) is 11.7 Å². The summed E-state index contributed by atoms with van der Waals surface area (Å²) in [5.41, 5.74) is 2.57. The van der Waals surface area contributed by atoms with Crippen molar-refractivity contribution in [2.24, 2.45) is 0 Å². The number of amides is 2. The highest BCUT2D eigenvalue weighted by atomic mass is 35.5. The van der Waals surface area contributed by atoms with Crippen molar-refractivity contribution in [2.75, 3.05) is 13.7 Å². The molecule has 0 saturated heterocycles. The predicted molar refractivity (Wildman–Crippen MR) is 127 cm³/mol. The second-order valence-corrected chi connectivity index (χ2v) is 8.76. The van der Waals surface area contributed by atoms with E-state index in [1.165, 1.54) is 7.11 Å². The van der Waals surface area contributed by atoms with Gasteiger partial charge in [-0.15, -0.1) is 0 Å². The van der Waals surface area contributed by atoms with Gasteiger partial charge in [0.15, 0.2) is 11.4 Å². The molecule has 0 fully saturated rings. The maximum absolute atomic E-state index is 13.3. The molecule has 2 amide bonds. The van der Waals surface area contributed by atoms with E-state index in [0.29, 0.717) is 17.0 Å². The third-order valence-electron chi connectivity index (χ3n) is 5.89. The molecule has 3 aromatic rings. The van der Waals surface area contributed by atoms with Gasteiger partial charge in [0, 0.05) is 30.9 Å². The zero-order chi connectivity index (χ0) is 27.5. The van der Waals surface area contributed by atoms with Crippen LogP contribution in [0, 0.1) is 0 Å². The van der Waals surface area contributed by atoms with Crippen molar-refractivity contribution >= 4 is 23.3 Å². The highest BCUT2D eigenvalue weighted by molar-refractivity contribution is 6.29. The molecule has 0 spiro atoms. The number of halogens is 7. The first-order valence-corrected chi connectivity index (χ1v) is 11.6. The van der Waals surface area contributed by atoms with Crippen LogP contribution in [-0.4, -0.2) is 52.4 Å². The molecular formula is C24H25ClF6N4O2. The third-order valence-corrected chi connectivity index (χ3v) is 6.07. The van der Waals surface area contributed by atoms with Crippen LogP contribution in [0.4, 0.5) is 31.1 Å². The average molecular weight is 551 g/mol. The van der Waals surface area contributed by atoms with Gasteiger partial charge in [0.05, 0.1) is 13.2 Å². The van der Waals surface area contributed by atoms with Crippen LogP contribution in [0.3, 0.4) is 0 Å². The number of carbonyl (C=O) groups is 1. The number of methoxy groups -OCH3 is 1. The largest absolute Gasteiger partial charge is 0.493 e. The lowest BCUT2D eigenvalue weighted by Gasteiger charge is -2.31. The Morgan fingerprint density at radius 2 is 1.86 bits per heavy atom. The lowest BCUT2D eigenvalue weighted by Crippen LogP contribution is -2.51. The number of hydrogen-bond acceptors (Lipinski definition) is 3. The molecule has 13 heteroatoms. The van der Waals surface area contributed by atoms with Gasteiger partial charge in [-0.05, 0) is 43.5 Å². The van der Waals surface area contributed by atoms with Gasteiger partial charge < -0.3 is 19.4 Å². The Labute approximate surface area is 214 Å². The van der Waals surface area contributed by atoms with Crippen molar-refractivity contribution in [3.8, 4) is 16.9 Å². The van der Waals surface area contributed by atoms with Crippen molar-refractivity contribution in [3.63, 3.8) is 0 Å². The summed E-state index contributed by atoms with van der Waals surface area (Å²) in [7, 11) is 1.49. The van der Waals surface area contributed by atoms with Gasteiger partial charge >= 0.3 is 18.4 Å². The maximum Gasteiger partial charge on any atom is 0.408 e. The molecule has 0 aliphatic heterocycles. The lowest BCUT2D eigenvalue weighted by molar-refractivity contribution is -0.171. The molecule has 2 heterocycles. The van der Waals surface area contributed by atoms with Crippen molar-refractivity contribution in [1.29, 1.82) is 0 Å². The second-order valence-electron chi connectivity index (χ2n) is 8.38. The molecular weight excluding hydrogens is 526 g/mol. The van der Waals surface area contributed by atoms with Gasteiger partial charge in [-0.25, -0.2) is 9.78 Å². The number of aromatic nitrogens is 2. The number of carbonyl (C=O) groups excluding carboxylic acids is 1. The molecule has 2 atom stereocenters. The Kier molecular flexibility index (Phi) is 8.51. The summed E-state index contributed by atoms with van der Waals surface area (Å²) in [5, 5.41) is 2.01. The summed E-state index contributed by atoms with van der Waals surface area (Å²) >= 11 is 6.01. The van der Waals surface area contributed by atoms with E-state index in [2.05, 4.69) is 4.98 Å². The van der Waals surface area contributed by atoms with Gasteiger partial charge in [-0.2, -0.15) is 26.3 Å². The molecule has 37 heavy (non-hydrogen) atoms. The van der Waals surface area contributed by atoms with Crippen LogP contribution >= 0.6 is 11.6 Å². The Bertz CT molecular complexity index is 1240. The molecule has 2 aromatic heterocycles. The minimum absolute atomic E-state index is 0.0222. The van der Waals surface area contributed by atoms with Gasteiger partial charge in [0.25, 0.3) is 0 Å². The number of ether oxygens (including phenoxy) is 1. The third kappa shape index (κ3) is 7.00. The number of rotatable bonds is 8. The van der Waals surface area contributed by atoms with Gasteiger partial charge in [0.2, 0.25) is 0 Å². The molecule has 0 bridgehead atoms. The number of fused-ring (bicyclic) bond motifs is 1. The molecule has 1 aromatic carbocycles. The molecule has 0 aliphatic rings. The minimum atomic E-state index is -5.03. The number of nitrogens with one attached hydrogen (secondary N) is 1. The van der Waals surface area contributed by atoms with E-state index >= 15 is 0 Å². The molecule has 3 rings (SSSR count). The molecule has 1 N–H and O–H groups in total. The van der Waals surface area contributed by atoms with Crippen molar-refractivity contribution < 1.29 is 35.9 Å². The smallest absolute Gasteiger partial charge is 0.408 e. The summed E-state index contributed by atoms with van der Waals surface area (Å²) in [6, 6.07) is 4.34. The Morgan fingerprint density at radius 3 is 2.46 bits per heavy atom. The van der Waals surface area contributed by atoms with Crippen LogP contribution in [0.5, 0.6) is 5.75 Å². The second kappa shape index (κ2) is 11.1. The first kappa shape index (κ1) is 28.4. The fourth-order valence-electron chi connectivity index (χ4n) is 3.95. The van der Waals surface area contributed by atoms with Crippen LogP contribution in [0.25, 0.3) is 16.8 Å². The summed E-state index contributed by atoms with van der Waals surface area (Å²) < 4.78 is 84.7. The Morgan fingerprint density at radius 1 is 1.16 bits per heavy atom. The standard InChI is InChI=1S/C24H25ClF6N4O2/c1-4-35(22(36)32-19(24(29,30)31)8-9-23(26,27)28)14(2)15-6-5-7-16(10-15)17-11-18(37-3)21-33-20(25)13-34(21)12-17/h5-7,10-14,19H,4,8-9H2,1-3H3,(H,32,36). The monoisotopic (exact) mass is 550 g/mol. The van der Waals surface area contributed by atoms with E-state index in [1.54, 1.807) is 60.2 Å². The van der Waals surface area contributed by atoms with Gasteiger partial charge in [0.1, 0.15) is 11.2 Å². The Balaban J connectivity index is 1.85. The molecule has 0 aliphatic carbocycles. The van der Waals surface area contributed by atoms with Gasteiger partial charge in [-0.3, -0.25) is 0 Å². The molecule has 0 radical (unpaired) electrons. The topological polar surface area (TPSA) is 58.9 Å². The SMILES string of the molecule is CCN(C(=O)NC(CCC(F)(F)F)C(F)(F)F)C(C)c1cccc(-c2cc(OC)c3nc(Cl)cn3c2)c1. The number of urea groups is 1. The zero-order valence-electron chi connectivity index (χ0n) is 20.1. The predicted octanol–water partition coefficient (Wildman–Crippen LogP) is 7.03. The van der Waals surface area contributed by atoms with E-state index in [4.69, 9.17) is 16.3 Å². The zero-order valence-corrected chi connectivity index (χ0v) is 20.9. The Hall–Kier alpha value is -3.15. The molecule has 0 saturated carbocycles. The van der Waals surface area contributed by atoms with Crippen molar-refractivity contribution in [3.05, 3.63) is 53.4 Å². The molecule has 6 nitrogen and oxygen atoms in total. The quantitative estimate of drug-likeness (QED) is 0.306. The highest BCUT2D eigenvalue weighted by Gasteiger charge is 2.43. The van der Waals surface area contributed by atoms with E-state index < -0.39 is 43.3 Å². The average Bonchev–Trinajstić information content (AvgIpc) is 3.20. The summed E-state index contributed by atoms with van der Waals surface area (Å²) in [6.45, 7) is 3.22. The van der Waals surface area contributed by atoms with E-state index in [0.717, 1.165) is 16.0 Å². The van der Waals surface area contributed by atoms with Crippen LogP contribution < -0.4 is 10.1 Å². The number of alkyl halides is 6. The van der Waals surface area contributed by atoms with Gasteiger partial charge in [-0.1, -0.05) is 29.8 Å². The summed E-state index contributed by atoms with van der Waals surface area (Å²) in [4.78, 5) is 18.1. The fourth-order valence-corrected chi connectivity index (χ4v) is 4.14. The first-order valence-electron chi connectivity index (χ1n) is 11.3. The van der Waals surface area contributed by atoms with E-state index in [9.17, 15) is 31.1 Å². The minimum Gasteiger partial charge on any atom is -0.493 e. The summed E-state index contributed by atoms with van der Waals surface area (Å²) in [5.74, 6) is 0.467. The van der Waals surface area contributed by atoms with Crippen LogP contribution in [-0.2, 0) is 0 Å². The fraction of sp³-hybridized carbons (Fsp3) is 0.417. The maximum atomic E-state index is 13.3. The number of benzene rings is 1. The number of pyridine rings is 1. The lowest BCUT2D eigenvalue weighted by atomic mass is 10.00. The van der Waals surface area contributed by atoms with Crippen LogP contribution in [0.1, 0.15) is 38.3 Å². The normalized spacial score (nSPS) is 13.9. The van der Waals surface area contributed by atoms with Crippen LogP contribution in [0.2, 0.25) is 5.15 Å². The van der Waals surface area contributed by atoms with E-state index in [1.807, 2.05) is 6.07 Å². The molecule has 202 valence electrons.